The molecular formula is C14H23N3. The van der Waals surface area contributed by atoms with Gasteiger partial charge in [0, 0.05) is 44.5 Å². The summed E-state index contributed by atoms with van der Waals surface area (Å²) >= 11 is 0. The van der Waals surface area contributed by atoms with Crippen LogP contribution in [0, 0.1) is 0 Å². The van der Waals surface area contributed by atoms with E-state index >= 15 is 0 Å². The topological polar surface area (TPSA) is 19.4 Å². The highest BCUT2D eigenvalue weighted by molar-refractivity contribution is 5.03. The first-order chi connectivity index (χ1) is 8.16. The van der Waals surface area contributed by atoms with Crippen molar-refractivity contribution in [2.75, 3.05) is 19.6 Å². The third kappa shape index (κ3) is 3.27. The lowest BCUT2D eigenvalue weighted by Gasteiger charge is -2.42. The summed E-state index contributed by atoms with van der Waals surface area (Å²) in [5.74, 6) is 0. The monoisotopic (exact) mass is 233 g/mol. The van der Waals surface area contributed by atoms with Crippen molar-refractivity contribution >= 4 is 0 Å². The Kier molecular flexibility index (Phi) is 4.13. The minimum atomic E-state index is 0.646. The number of nitrogens with zero attached hydrogens (tertiary/aromatic N) is 3. The Labute approximate surface area is 104 Å². The quantitative estimate of drug-likeness (QED) is 0.796. The molecule has 1 aromatic heterocycles. The largest absolute Gasteiger partial charge is 0.296 e. The Morgan fingerprint density at radius 1 is 1.35 bits per heavy atom. The molecule has 0 spiro atoms. The van der Waals surface area contributed by atoms with E-state index < -0.39 is 0 Å². The van der Waals surface area contributed by atoms with Crippen molar-refractivity contribution in [2.45, 2.75) is 39.4 Å². The molecular weight excluding hydrogens is 210 g/mol. The van der Waals surface area contributed by atoms with Gasteiger partial charge in [0.05, 0.1) is 5.69 Å². The second kappa shape index (κ2) is 5.61. The number of pyridine rings is 1. The van der Waals surface area contributed by atoms with Gasteiger partial charge >= 0.3 is 0 Å². The van der Waals surface area contributed by atoms with Gasteiger partial charge in [0.1, 0.15) is 0 Å². The Hall–Kier alpha value is -0.930. The van der Waals surface area contributed by atoms with Gasteiger partial charge in [-0.3, -0.25) is 14.8 Å². The lowest BCUT2D eigenvalue weighted by atomic mass is 10.1. The van der Waals surface area contributed by atoms with Crippen LogP contribution >= 0.6 is 0 Å². The summed E-state index contributed by atoms with van der Waals surface area (Å²) in [4.78, 5) is 9.48. The minimum Gasteiger partial charge on any atom is -0.296 e. The summed E-state index contributed by atoms with van der Waals surface area (Å²) in [5.41, 5.74) is 1.18. The second-order valence-electron chi connectivity index (χ2n) is 5.24. The molecule has 0 aromatic carbocycles. The molecule has 3 heteroatoms. The molecule has 0 aliphatic carbocycles. The summed E-state index contributed by atoms with van der Waals surface area (Å²) in [7, 11) is 0. The van der Waals surface area contributed by atoms with E-state index in [1.807, 2.05) is 12.3 Å². The number of aromatic nitrogens is 1. The van der Waals surface area contributed by atoms with E-state index in [-0.39, 0.29) is 0 Å². The van der Waals surface area contributed by atoms with Gasteiger partial charge in [-0.1, -0.05) is 6.07 Å². The van der Waals surface area contributed by atoms with Gasteiger partial charge in [0.2, 0.25) is 0 Å². The third-order valence-corrected chi connectivity index (χ3v) is 3.54. The molecule has 0 bridgehead atoms. The van der Waals surface area contributed by atoms with Crippen LogP contribution in [0.15, 0.2) is 24.4 Å². The van der Waals surface area contributed by atoms with Crippen LogP contribution in [0.2, 0.25) is 0 Å². The molecule has 2 heterocycles. The Bertz CT molecular complexity index is 337. The van der Waals surface area contributed by atoms with Gasteiger partial charge < -0.3 is 0 Å². The average Bonchev–Trinajstić information content (AvgIpc) is 2.30. The van der Waals surface area contributed by atoms with Gasteiger partial charge in [-0.2, -0.15) is 0 Å². The van der Waals surface area contributed by atoms with Crippen LogP contribution in [0.25, 0.3) is 0 Å². The maximum atomic E-state index is 4.40. The van der Waals surface area contributed by atoms with Crippen LogP contribution in [0.5, 0.6) is 0 Å². The number of piperazine rings is 1. The highest BCUT2D eigenvalue weighted by atomic mass is 15.3. The van der Waals surface area contributed by atoms with Crippen molar-refractivity contribution < 1.29 is 0 Å². The molecule has 1 atom stereocenters. The van der Waals surface area contributed by atoms with E-state index in [2.05, 4.69) is 47.7 Å². The van der Waals surface area contributed by atoms with E-state index in [4.69, 9.17) is 0 Å². The normalized spacial score (nSPS) is 23.2. The molecule has 1 aliphatic heterocycles. The molecule has 0 saturated carbocycles. The van der Waals surface area contributed by atoms with E-state index in [1.165, 1.54) is 12.2 Å². The molecule has 1 aliphatic rings. The van der Waals surface area contributed by atoms with Crippen molar-refractivity contribution in [3.8, 4) is 0 Å². The number of hydrogen-bond donors (Lipinski definition) is 0. The van der Waals surface area contributed by atoms with Gasteiger partial charge in [-0.15, -0.1) is 0 Å². The standard InChI is InChI=1S/C14H23N3/c1-12(2)17-9-8-16(10-13(17)3)11-14-6-4-5-7-15-14/h4-7,12-13H,8-11H2,1-3H3/t13-/m0/s1. The first kappa shape index (κ1) is 12.5. The minimum absolute atomic E-state index is 0.646. The molecule has 2 rings (SSSR count). The van der Waals surface area contributed by atoms with Gasteiger partial charge in [0.15, 0.2) is 0 Å². The molecule has 1 fully saturated rings. The SMILES string of the molecule is CC(C)N1CCN(Cc2ccccn2)C[C@@H]1C. The molecule has 0 amide bonds. The lowest BCUT2D eigenvalue weighted by Crippen LogP contribution is -2.53. The average molecular weight is 233 g/mol. The molecule has 1 saturated heterocycles. The highest BCUT2D eigenvalue weighted by Crippen LogP contribution is 2.14. The second-order valence-corrected chi connectivity index (χ2v) is 5.24. The van der Waals surface area contributed by atoms with Crippen LogP contribution in [0.4, 0.5) is 0 Å². The summed E-state index contributed by atoms with van der Waals surface area (Å²) in [5, 5.41) is 0. The predicted octanol–water partition coefficient (Wildman–Crippen LogP) is 2.00. The summed E-state index contributed by atoms with van der Waals surface area (Å²) in [6.45, 7) is 11.3. The fourth-order valence-corrected chi connectivity index (χ4v) is 2.68. The van der Waals surface area contributed by atoms with Crippen LogP contribution in [0.1, 0.15) is 26.5 Å². The lowest BCUT2D eigenvalue weighted by molar-refractivity contribution is 0.0558. The maximum absolute atomic E-state index is 4.40. The van der Waals surface area contributed by atoms with E-state index in [1.54, 1.807) is 0 Å². The molecule has 0 radical (unpaired) electrons. The molecule has 17 heavy (non-hydrogen) atoms. The molecule has 3 nitrogen and oxygen atoms in total. The zero-order valence-corrected chi connectivity index (χ0v) is 11.1. The van der Waals surface area contributed by atoms with E-state index in [0.29, 0.717) is 12.1 Å². The van der Waals surface area contributed by atoms with E-state index in [9.17, 15) is 0 Å². The van der Waals surface area contributed by atoms with Crippen molar-refractivity contribution in [3.05, 3.63) is 30.1 Å². The van der Waals surface area contributed by atoms with E-state index in [0.717, 1.165) is 19.6 Å². The Balaban J connectivity index is 1.90. The summed E-state index contributed by atoms with van der Waals surface area (Å²) in [6.07, 6.45) is 1.88. The predicted molar refractivity (Wildman–Crippen MR) is 70.8 cm³/mol. The third-order valence-electron chi connectivity index (χ3n) is 3.54. The van der Waals surface area contributed by atoms with Crippen LogP contribution in [-0.4, -0.2) is 46.5 Å². The zero-order valence-electron chi connectivity index (χ0n) is 11.1. The van der Waals surface area contributed by atoms with Gasteiger partial charge in [-0.25, -0.2) is 0 Å². The summed E-state index contributed by atoms with van der Waals surface area (Å²) in [6, 6.07) is 7.45. The Morgan fingerprint density at radius 2 is 2.18 bits per heavy atom. The first-order valence-corrected chi connectivity index (χ1v) is 6.55. The highest BCUT2D eigenvalue weighted by Gasteiger charge is 2.25. The molecule has 0 N–H and O–H groups in total. The van der Waals surface area contributed by atoms with Crippen LogP contribution in [0.3, 0.4) is 0 Å². The smallest absolute Gasteiger partial charge is 0.0543 e. The fourth-order valence-electron chi connectivity index (χ4n) is 2.68. The van der Waals surface area contributed by atoms with Crippen molar-refractivity contribution in [1.29, 1.82) is 0 Å². The molecule has 1 aromatic rings. The van der Waals surface area contributed by atoms with Crippen molar-refractivity contribution in [2.24, 2.45) is 0 Å². The zero-order chi connectivity index (χ0) is 12.3. The summed E-state index contributed by atoms with van der Waals surface area (Å²) < 4.78 is 0. The number of rotatable bonds is 3. The van der Waals surface area contributed by atoms with Crippen LogP contribution in [-0.2, 0) is 6.54 Å². The Morgan fingerprint density at radius 3 is 2.76 bits per heavy atom. The van der Waals surface area contributed by atoms with Crippen molar-refractivity contribution in [1.82, 2.24) is 14.8 Å². The molecule has 0 unspecified atom stereocenters. The van der Waals surface area contributed by atoms with Gasteiger partial charge in [-0.05, 0) is 32.9 Å². The fraction of sp³-hybridized carbons (Fsp3) is 0.643. The maximum Gasteiger partial charge on any atom is 0.0543 e. The molecule has 94 valence electrons. The van der Waals surface area contributed by atoms with Crippen LogP contribution < -0.4 is 0 Å². The van der Waals surface area contributed by atoms with Crippen molar-refractivity contribution in [3.63, 3.8) is 0 Å². The first-order valence-electron chi connectivity index (χ1n) is 6.55. The number of hydrogen-bond acceptors (Lipinski definition) is 3. The van der Waals surface area contributed by atoms with Gasteiger partial charge in [0.25, 0.3) is 0 Å².